The Labute approximate surface area is 130 Å². The van der Waals surface area contributed by atoms with Crippen molar-refractivity contribution in [2.75, 3.05) is 19.0 Å². The lowest BCUT2D eigenvalue weighted by molar-refractivity contribution is 0.627. The van der Waals surface area contributed by atoms with Gasteiger partial charge in [0.15, 0.2) is 0 Å². The topological polar surface area (TPSA) is 27.0 Å². The zero-order valence-electron chi connectivity index (χ0n) is 12.6. The monoisotopic (exact) mass is 292 g/mol. The summed E-state index contributed by atoms with van der Waals surface area (Å²) in [4.78, 5) is 2.03. The Balaban J connectivity index is 2.16. The van der Waals surface area contributed by atoms with Gasteiger partial charge in [0.05, 0.1) is 11.6 Å². The maximum atomic E-state index is 13.2. The molecule has 0 radical (unpaired) electrons. The first-order valence-corrected chi connectivity index (χ1v) is 6.92. The second kappa shape index (κ2) is 7.24. The summed E-state index contributed by atoms with van der Waals surface area (Å²) in [7, 11) is 3.98. The average molecular weight is 292 g/mol. The fourth-order valence-electron chi connectivity index (χ4n) is 1.99. The van der Waals surface area contributed by atoms with Crippen LogP contribution < -0.4 is 4.90 Å². The highest BCUT2D eigenvalue weighted by Crippen LogP contribution is 2.16. The summed E-state index contributed by atoms with van der Waals surface area (Å²) in [6.07, 6.45) is 5.40. The molecule has 0 N–H and O–H groups in total. The minimum atomic E-state index is -0.345. The molecule has 0 amide bonds. The van der Waals surface area contributed by atoms with Crippen molar-refractivity contribution in [3.8, 4) is 6.07 Å². The standard InChI is InChI=1S/C19H17FN2/c1-22(2)19-11-9-15(10-12-19)5-3-7-17(14-21)16-6-4-8-18(20)13-16/h3-13H,1-2H3/b5-3+,17-7-. The highest BCUT2D eigenvalue weighted by Gasteiger charge is 2.00. The van der Waals surface area contributed by atoms with E-state index in [1.165, 1.54) is 12.1 Å². The van der Waals surface area contributed by atoms with E-state index in [2.05, 4.69) is 6.07 Å². The third kappa shape index (κ3) is 4.07. The van der Waals surface area contributed by atoms with Crippen LogP contribution in [0.5, 0.6) is 0 Å². The maximum absolute atomic E-state index is 13.2. The van der Waals surface area contributed by atoms with Gasteiger partial charge in [0.1, 0.15) is 5.82 Å². The van der Waals surface area contributed by atoms with Gasteiger partial charge >= 0.3 is 0 Å². The molecule has 2 aromatic carbocycles. The Bertz CT molecular complexity index is 735. The van der Waals surface area contributed by atoms with E-state index in [0.717, 1.165) is 11.3 Å². The van der Waals surface area contributed by atoms with Crippen molar-refractivity contribution >= 4 is 17.3 Å². The number of hydrogen-bond acceptors (Lipinski definition) is 2. The molecule has 0 fully saturated rings. The largest absolute Gasteiger partial charge is 0.378 e. The van der Waals surface area contributed by atoms with Crippen molar-refractivity contribution in [3.63, 3.8) is 0 Å². The van der Waals surface area contributed by atoms with Gasteiger partial charge in [0, 0.05) is 19.8 Å². The van der Waals surface area contributed by atoms with Crippen molar-refractivity contribution in [2.24, 2.45) is 0 Å². The molecule has 2 aromatic rings. The SMILES string of the molecule is CN(C)c1ccc(/C=C/C=C(/C#N)c2cccc(F)c2)cc1. The number of nitrogens with zero attached hydrogens (tertiary/aromatic N) is 2. The lowest BCUT2D eigenvalue weighted by Gasteiger charge is -2.11. The van der Waals surface area contributed by atoms with E-state index >= 15 is 0 Å². The van der Waals surface area contributed by atoms with Gasteiger partial charge in [-0.2, -0.15) is 5.26 Å². The van der Waals surface area contributed by atoms with Crippen molar-refractivity contribution < 1.29 is 4.39 Å². The molecule has 2 nitrogen and oxygen atoms in total. The summed E-state index contributed by atoms with van der Waals surface area (Å²) in [6.45, 7) is 0. The van der Waals surface area contributed by atoms with Crippen LogP contribution in [0.4, 0.5) is 10.1 Å². The van der Waals surface area contributed by atoms with Gasteiger partial charge in [-0.1, -0.05) is 36.4 Å². The van der Waals surface area contributed by atoms with Gasteiger partial charge in [-0.15, -0.1) is 0 Å². The van der Waals surface area contributed by atoms with Crippen LogP contribution in [0.1, 0.15) is 11.1 Å². The minimum absolute atomic E-state index is 0.345. The van der Waals surface area contributed by atoms with Crippen LogP contribution in [0, 0.1) is 17.1 Å². The number of rotatable bonds is 4. The van der Waals surface area contributed by atoms with Crippen LogP contribution in [0.2, 0.25) is 0 Å². The molecule has 110 valence electrons. The third-order valence-electron chi connectivity index (χ3n) is 3.22. The van der Waals surface area contributed by atoms with Crippen LogP contribution in [0.15, 0.2) is 60.7 Å². The summed E-state index contributed by atoms with van der Waals surface area (Å²) < 4.78 is 13.2. The molecule has 0 unspecified atom stereocenters. The Morgan fingerprint density at radius 2 is 1.86 bits per heavy atom. The molecule has 0 spiro atoms. The van der Waals surface area contributed by atoms with E-state index in [9.17, 15) is 9.65 Å². The van der Waals surface area contributed by atoms with Crippen LogP contribution in [-0.4, -0.2) is 14.1 Å². The number of halogens is 1. The van der Waals surface area contributed by atoms with Gasteiger partial charge in [-0.25, -0.2) is 4.39 Å². The quantitative estimate of drug-likeness (QED) is 0.612. The molecule has 2 rings (SSSR count). The van der Waals surface area contributed by atoms with Gasteiger partial charge < -0.3 is 4.90 Å². The molecule has 0 heterocycles. The Morgan fingerprint density at radius 3 is 2.45 bits per heavy atom. The highest BCUT2D eigenvalue weighted by molar-refractivity contribution is 5.78. The fraction of sp³-hybridized carbons (Fsp3) is 0.105. The Kier molecular flexibility index (Phi) is 5.11. The summed E-state index contributed by atoms with van der Waals surface area (Å²) in [6, 6.07) is 16.2. The number of benzene rings is 2. The second-order valence-electron chi connectivity index (χ2n) is 5.05. The summed E-state index contributed by atoms with van der Waals surface area (Å²) in [5.41, 5.74) is 3.18. The molecule has 0 bridgehead atoms. The van der Waals surface area contributed by atoms with Crippen molar-refractivity contribution in [1.82, 2.24) is 0 Å². The van der Waals surface area contributed by atoms with Crippen LogP contribution in [-0.2, 0) is 0 Å². The third-order valence-corrected chi connectivity index (χ3v) is 3.22. The Morgan fingerprint density at radius 1 is 1.14 bits per heavy atom. The molecular weight excluding hydrogens is 275 g/mol. The zero-order chi connectivity index (χ0) is 15.9. The first-order chi connectivity index (χ1) is 10.6. The number of anilines is 1. The van der Waals surface area contributed by atoms with Crippen LogP contribution >= 0.6 is 0 Å². The molecule has 22 heavy (non-hydrogen) atoms. The van der Waals surface area contributed by atoms with E-state index in [-0.39, 0.29) is 5.82 Å². The fourth-order valence-corrected chi connectivity index (χ4v) is 1.99. The molecule has 0 aromatic heterocycles. The van der Waals surface area contributed by atoms with Crippen molar-refractivity contribution in [2.45, 2.75) is 0 Å². The van der Waals surface area contributed by atoms with Gasteiger partial charge in [0.25, 0.3) is 0 Å². The van der Waals surface area contributed by atoms with Gasteiger partial charge in [0.2, 0.25) is 0 Å². The number of hydrogen-bond donors (Lipinski definition) is 0. The molecule has 0 saturated heterocycles. The van der Waals surface area contributed by atoms with Gasteiger partial charge in [-0.05, 0) is 41.5 Å². The molecular formula is C19H17FN2. The van der Waals surface area contributed by atoms with Gasteiger partial charge in [-0.3, -0.25) is 0 Å². The lowest BCUT2D eigenvalue weighted by atomic mass is 10.1. The molecule has 0 saturated carbocycles. The lowest BCUT2D eigenvalue weighted by Crippen LogP contribution is -2.07. The molecule has 0 atom stereocenters. The van der Waals surface area contributed by atoms with Crippen LogP contribution in [0.3, 0.4) is 0 Å². The van der Waals surface area contributed by atoms with E-state index in [4.69, 9.17) is 0 Å². The van der Waals surface area contributed by atoms with E-state index in [1.54, 1.807) is 24.3 Å². The molecule has 0 aliphatic carbocycles. The summed E-state index contributed by atoms with van der Waals surface area (Å²) >= 11 is 0. The minimum Gasteiger partial charge on any atom is -0.378 e. The first kappa shape index (κ1) is 15.5. The predicted molar refractivity (Wildman–Crippen MR) is 89.8 cm³/mol. The maximum Gasteiger partial charge on any atom is 0.123 e. The van der Waals surface area contributed by atoms with Crippen LogP contribution in [0.25, 0.3) is 11.6 Å². The van der Waals surface area contributed by atoms with E-state index in [1.807, 2.05) is 49.3 Å². The smallest absolute Gasteiger partial charge is 0.123 e. The highest BCUT2D eigenvalue weighted by atomic mass is 19.1. The van der Waals surface area contributed by atoms with E-state index < -0.39 is 0 Å². The number of allylic oxidation sites excluding steroid dienone is 3. The molecule has 3 heteroatoms. The second-order valence-corrected chi connectivity index (χ2v) is 5.05. The normalized spacial score (nSPS) is 11.5. The molecule has 0 aliphatic rings. The summed E-state index contributed by atoms with van der Waals surface area (Å²) in [5, 5.41) is 9.18. The van der Waals surface area contributed by atoms with E-state index in [0.29, 0.717) is 11.1 Å². The molecule has 0 aliphatic heterocycles. The summed E-state index contributed by atoms with van der Waals surface area (Å²) in [5.74, 6) is -0.345. The van der Waals surface area contributed by atoms with Crippen molar-refractivity contribution in [3.05, 3.63) is 77.6 Å². The Hall–Kier alpha value is -2.86. The van der Waals surface area contributed by atoms with Crippen molar-refractivity contribution in [1.29, 1.82) is 5.26 Å². The number of nitriles is 1. The zero-order valence-corrected chi connectivity index (χ0v) is 12.6. The average Bonchev–Trinajstić information content (AvgIpc) is 2.52. The predicted octanol–water partition coefficient (Wildman–Crippen LogP) is 4.51. The first-order valence-electron chi connectivity index (χ1n) is 6.92.